The third kappa shape index (κ3) is 8.84. The van der Waals surface area contributed by atoms with Crippen molar-refractivity contribution in [2.45, 2.75) is 77.7 Å². The van der Waals surface area contributed by atoms with Gasteiger partial charge in [-0.2, -0.15) is 0 Å². The molecule has 0 radical (unpaired) electrons. The van der Waals surface area contributed by atoms with E-state index in [4.69, 9.17) is 9.84 Å². The number of hydrogen-bond acceptors (Lipinski definition) is 8. The van der Waals surface area contributed by atoms with Gasteiger partial charge in [0.25, 0.3) is 0 Å². The van der Waals surface area contributed by atoms with E-state index >= 15 is 0 Å². The zero-order valence-corrected chi connectivity index (χ0v) is 32.4. The average molecular weight is 738 g/mol. The highest BCUT2D eigenvalue weighted by Gasteiger charge is 2.37. The number of fused-ring (bicyclic) bond motifs is 2. The van der Waals surface area contributed by atoms with Gasteiger partial charge in [0.05, 0.1) is 5.92 Å². The fourth-order valence-electron chi connectivity index (χ4n) is 9.14. The molecule has 11 heteroatoms. The Kier molecular flexibility index (Phi) is 12.0. The number of allylic oxidation sites excluding steroid dienone is 5. The molecule has 288 valence electrons. The van der Waals surface area contributed by atoms with Gasteiger partial charge in [-0.05, 0) is 111 Å². The summed E-state index contributed by atoms with van der Waals surface area (Å²) in [6, 6.07) is 8.66. The number of ketones is 1. The van der Waals surface area contributed by atoms with Crippen LogP contribution in [0.2, 0.25) is 0 Å². The summed E-state index contributed by atoms with van der Waals surface area (Å²) in [6.45, 7) is 10.5. The van der Waals surface area contributed by atoms with Crippen LogP contribution >= 0.6 is 0 Å². The molecule has 0 spiro atoms. The molecule has 7 rings (SSSR count). The van der Waals surface area contributed by atoms with Crippen LogP contribution in [0.25, 0.3) is 6.08 Å². The highest BCUT2D eigenvalue weighted by molar-refractivity contribution is 6.12. The molecule has 1 unspecified atom stereocenters. The Hall–Kier alpha value is -4.22. The summed E-state index contributed by atoms with van der Waals surface area (Å²) in [4.78, 5) is 62.4. The van der Waals surface area contributed by atoms with Gasteiger partial charge < -0.3 is 19.4 Å². The summed E-state index contributed by atoms with van der Waals surface area (Å²) >= 11 is 0. The van der Waals surface area contributed by atoms with Crippen molar-refractivity contribution in [3.8, 4) is 0 Å². The molecule has 0 N–H and O–H groups in total. The number of likely N-dealkylation sites (tertiary alicyclic amines) is 2. The first-order valence-electron chi connectivity index (χ1n) is 20.2. The smallest absolute Gasteiger partial charge is 0.319 e. The Morgan fingerprint density at radius 2 is 1.69 bits per heavy atom. The number of carbonyl (C=O) groups excluding carboxylic acids is 4. The quantitative estimate of drug-likeness (QED) is 0.246. The predicted molar refractivity (Wildman–Crippen MR) is 209 cm³/mol. The Bertz CT molecular complexity index is 1770. The van der Waals surface area contributed by atoms with Gasteiger partial charge in [0, 0.05) is 64.6 Å². The summed E-state index contributed by atoms with van der Waals surface area (Å²) in [6.07, 6.45) is 14.3. The van der Waals surface area contributed by atoms with Crippen molar-refractivity contribution in [1.29, 1.82) is 0 Å². The van der Waals surface area contributed by atoms with Gasteiger partial charge in [-0.25, -0.2) is 0 Å². The number of piperidine rings is 2. The number of ether oxygens (including phenoxy) is 1. The molecule has 3 saturated heterocycles. The summed E-state index contributed by atoms with van der Waals surface area (Å²) in [5.74, 6) is -0.397. The topological polar surface area (TPSA) is 106 Å². The molecule has 1 aromatic carbocycles. The molecule has 2 amide bonds. The zero-order valence-electron chi connectivity index (χ0n) is 32.4. The first kappa shape index (κ1) is 38.1. The van der Waals surface area contributed by atoms with Crippen LogP contribution in [0.15, 0.2) is 58.2 Å². The fraction of sp³-hybridized carbons (Fsp3) is 0.581. The minimum absolute atomic E-state index is 0.0120. The lowest BCUT2D eigenvalue weighted by Gasteiger charge is -2.43. The van der Waals surface area contributed by atoms with Crippen molar-refractivity contribution in [2.75, 3.05) is 66.1 Å². The van der Waals surface area contributed by atoms with E-state index in [0.717, 1.165) is 79.0 Å². The maximum absolute atomic E-state index is 14.4. The van der Waals surface area contributed by atoms with Gasteiger partial charge in [0.1, 0.15) is 11.6 Å². The molecule has 54 heavy (non-hydrogen) atoms. The Labute approximate surface area is 320 Å². The molecule has 2 atom stereocenters. The summed E-state index contributed by atoms with van der Waals surface area (Å²) < 4.78 is 7.08. The van der Waals surface area contributed by atoms with Crippen LogP contribution in [-0.2, 0) is 30.3 Å². The fourth-order valence-corrected chi connectivity index (χ4v) is 9.14. The molecular formula is C43H57N6O5+. The van der Waals surface area contributed by atoms with E-state index in [1.165, 1.54) is 12.8 Å². The first-order valence-corrected chi connectivity index (χ1v) is 20.2. The molecule has 0 saturated carbocycles. The van der Waals surface area contributed by atoms with Crippen LogP contribution < -0.4 is 0 Å². The second kappa shape index (κ2) is 17.1. The lowest BCUT2D eigenvalue weighted by molar-refractivity contribution is -0.561. The highest BCUT2D eigenvalue weighted by Crippen LogP contribution is 2.34. The highest BCUT2D eigenvalue weighted by atomic mass is 16.5. The van der Waals surface area contributed by atoms with Crippen molar-refractivity contribution in [3.05, 3.63) is 64.3 Å². The number of hydrazone groups is 1. The van der Waals surface area contributed by atoms with Crippen molar-refractivity contribution in [2.24, 2.45) is 22.9 Å². The summed E-state index contributed by atoms with van der Waals surface area (Å²) in [7, 11) is 2.18. The number of hydrogen-bond donors (Lipinski definition) is 0. The zero-order chi connectivity index (χ0) is 37.8. The molecule has 11 nitrogen and oxygen atoms in total. The van der Waals surface area contributed by atoms with Crippen molar-refractivity contribution in [1.82, 2.24) is 19.6 Å². The molecule has 4 aliphatic heterocycles. The largest absolute Gasteiger partial charge is 0.403 e. The molecule has 4 heterocycles. The van der Waals surface area contributed by atoms with Crippen LogP contribution in [0, 0.1) is 17.8 Å². The van der Waals surface area contributed by atoms with Gasteiger partial charge in [-0.15, -0.1) is 0 Å². The number of piperazine rings is 1. The maximum Gasteiger partial charge on any atom is 0.319 e. The number of nitrogens with zero attached hydrogens (tertiary/aromatic N) is 6. The van der Waals surface area contributed by atoms with Crippen molar-refractivity contribution in [3.63, 3.8) is 0 Å². The number of Topliss-reactive ketones (excluding diaryl/α,β-unsaturated/α-hetero) is 1. The standard InChI is InChI=1S/C43H57N6O5/c1-4-7-41(52)54-29-49-28-36-24-31(22-30(2)42(36)44-49)23-35(43(53)48-20-18-46(19-21-48)37-12-14-45(3)15-13-37)27-40(51)47-16-10-32(11-17-47)38-25-33-8-5-6-9-34(33)26-39(38)50/h5-6,8-9,22,24-25,28,32,35-37H,4,7,10-21,23,26-27,29H2,1-3H3/q+1/t35-,36?/m0/s1. The number of esters is 1. The van der Waals surface area contributed by atoms with Crippen LogP contribution in [0.5, 0.6) is 0 Å². The summed E-state index contributed by atoms with van der Waals surface area (Å²) in [5, 5.41) is 4.70. The molecule has 3 fully saturated rings. The second-order valence-electron chi connectivity index (χ2n) is 16.1. The van der Waals surface area contributed by atoms with E-state index in [1.807, 2.05) is 48.1 Å². The number of rotatable bonds is 11. The van der Waals surface area contributed by atoms with Crippen LogP contribution in [0.1, 0.15) is 76.3 Å². The minimum Gasteiger partial charge on any atom is -0.403 e. The van der Waals surface area contributed by atoms with Crippen LogP contribution in [0.3, 0.4) is 0 Å². The average Bonchev–Trinajstić information content (AvgIpc) is 3.60. The normalized spacial score (nSPS) is 23.4. The van der Waals surface area contributed by atoms with E-state index in [2.05, 4.69) is 41.1 Å². The van der Waals surface area contributed by atoms with E-state index in [0.29, 0.717) is 51.5 Å². The van der Waals surface area contributed by atoms with Crippen molar-refractivity contribution >= 4 is 41.6 Å². The number of benzene rings is 1. The monoisotopic (exact) mass is 737 g/mol. The van der Waals surface area contributed by atoms with Gasteiger partial charge in [0.15, 0.2) is 12.0 Å². The van der Waals surface area contributed by atoms with E-state index in [-0.39, 0.29) is 48.6 Å². The van der Waals surface area contributed by atoms with Gasteiger partial charge in [-0.3, -0.25) is 24.1 Å². The maximum atomic E-state index is 14.4. The Morgan fingerprint density at radius 1 is 0.944 bits per heavy atom. The third-order valence-electron chi connectivity index (χ3n) is 12.3. The number of amides is 2. The minimum atomic E-state index is -0.481. The molecule has 1 aromatic rings. The SMILES string of the molecule is CCCC(=O)OC[N+]1=CC2C=C(C[C@@H](CC(=O)N3CCC(C4=Cc5ccccc5CC4=O)CC3)C(=O)N3CCN(C4CCN(C)CC4)CC3)C=C(C)C2=N1. The predicted octanol–water partition coefficient (Wildman–Crippen LogP) is 4.32. The third-order valence-corrected chi connectivity index (χ3v) is 12.3. The summed E-state index contributed by atoms with van der Waals surface area (Å²) in [5.41, 5.74) is 6.04. The van der Waals surface area contributed by atoms with Crippen LogP contribution in [-0.4, -0.2) is 132 Å². The van der Waals surface area contributed by atoms with Crippen molar-refractivity contribution < 1.29 is 28.6 Å². The first-order chi connectivity index (χ1) is 26.1. The van der Waals surface area contributed by atoms with Gasteiger partial charge in [-0.1, -0.05) is 48.0 Å². The van der Waals surface area contributed by atoms with E-state index in [9.17, 15) is 19.2 Å². The van der Waals surface area contributed by atoms with Crippen LogP contribution in [0.4, 0.5) is 0 Å². The number of carbonyl (C=O) groups is 4. The molecule has 0 aromatic heterocycles. The molecular weight excluding hydrogens is 681 g/mol. The molecule has 6 aliphatic rings. The second-order valence-corrected chi connectivity index (χ2v) is 16.1. The molecule has 0 bridgehead atoms. The lowest BCUT2D eigenvalue weighted by Crippen LogP contribution is -2.55. The van der Waals surface area contributed by atoms with E-state index in [1.54, 1.807) is 4.68 Å². The van der Waals surface area contributed by atoms with Gasteiger partial charge in [0.2, 0.25) is 11.8 Å². The van der Waals surface area contributed by atoms with Gasteiger partial charge >= 0.3 is 12.7 Å². The Balaban J connectivity index is 1.02. The van der Waals surface area contributed by atoms with E-state index < -0.39 is 5.92 Å². The molecule has 2 aliphatic carbocycles. The lowest BCUT2D eigenvalue weighted by atomic mass is 9.80. The Morgan fingerprint density at radius 3 is 2.43 bits per heavy atom.